The number of aliphatic hydroxyl groups excluding tert-OH is 3. The number of rotatable bonds is 11. The summed E-state index contributed by atoms with van der Waals surface area (Å²) in [4.78, 5) is 0. The Labute approximate surface area is 117 Å². The molecule has 0 rings (SSSR count). The first-order valence-electron chi connectivity index (χ1n) is 7.17. The number of hydrogen-bond acceptors (Lipinski definition) is 5. The quantitative estimate of drug-likeness (QED) is 0.498. The maximum Gasteiger partial charge on any atom is 0.0779 e. The van der Waals surface area contributed by atoms with E-state index >= 15 is 0 Å². The Kier molecular flexibility index (Phi) is 19.8. The molecule has 0 spiro atoms. The molecule has 0 bridgehead atoms. The first-order valence-corrected chi connectivity index (χ1v) is 7.17. The first-order chi connectivity index (χ1) is 9.08. The highest BCUT2D eigenvalue weighted by Gasteiger charge is 2.00. The summed E-state index contributed by atoms with van der Waals surface area (Å²) in [5.74, 6) is 0. The lowest BCUT2D eigenvalue weighted by Crippen LogP contribution is -2.19. The van der Waals surface area contributed by atoms with Crippen LogP contribution in [0.1, 0.15) is 46.5 Å². The summed E-state index contributed by atoms with van der Waals surface area (Å²) in [5.41, 5.74) is 0. The van der Waals surface area contributed by atoms with Crippen molar-refractivity contribution >= 4 is 0 Å². The van der Waals surface area contributed by atoms with Gasteiger partial charge in [0.1, 0.15) is 0 Å². The van der Waals surface area contributed by atoms with Crippen molar-refractivity contribution in [2.75, 3.05) is 33.0 Å². The van der Waals surface area contributed by atoms with Crippen molar-refractivity contribution < 1.29 is 24.8 Å². The van der Waals surface area contributed by atoms with Crippen LogP contribution in [-0.2, 0) is 9.47 Å². The third-order valence-electron chi connectivity index (χ3n) is 2.26. The maximum atomic E-state index is 8.69. The summed E-state index contributed by atoms with van der Waals surface area (Å²) in [6.45, 7) is 7.33. The zero-order valence-corrected chi connectivity index (χ0v) is 12.7. The average molecular weight is 280 g/mol. The summed E-state index contributed by atoms with van der Waals surface area (Å²) in [6.07, 6.45) is 4.33. The van der Waals surface area contributed by atoms with Gasteiger partial charge in [0, 0.05) is 6.61 Å². The van der Waals surface area contributed by atoms with Gasteiger partial charge in [0.2, 0.25) is 0 Å². The van der Waals surface area contributed by atoms with Gasteiger partial charge in [-0.15, -0.1) is 0 Å². The fourth-order valence-corrected chi connectivity index (χ4v) is 1.15. The molecule has 0 aliphatic heterocycles. The van der Waals surface area contributed by atoms with Crippen LogP contribution in [0.25, 0.3) is 0 Å². The Bertz CT molecular complexity index is 145. The van der Waals surface area contributed by atoms with Crippen LogP contribution in [0, 0.1) is 0 Å². The third-order valence-corrected chi connectivity index (χ3v) is 2.26. The molecule has 5 heteroatoms. The molecule has 19 heavy (non-hydrogen) atoms. The van der Waals surface area contributed by atoms with Gasteiger partial charge in [-0.05, 0) is 20.3 Å². The second-order valence-corrected chi connectivity index (χ2v) is 4.57. The fourth-order valence-electron chi connectivity index (χ4n) is 1.15. The normalized spacial score (nSPS) is 13.6. The molecule has 0 aromatic heterocycles. The van der Waals surface area contributed by atoms with E-state index in [1.54, 1.807) is 13.8 Å². The number of aliphatic hydroxyl groups is 3. The van der Waals surface area contributed by atoms with Crippen LogP contribution in [-0.4, -0.2) is 60.6 Å². The molecule has 0 radical (unpaired) electrons. The molecule has 0 aromatic rings. The number of hydrogen-bond donors (Lipinski definition) is 3. The average Bonchev–Trinajstić information content (AvgIpc) is 2.40. The topological polar surface area (TPSA) is 79.2 Å². The van der Waals surface area contributed by atoms with Gasteiger partial charge in [0.15, 0.2) is 0 Å². The molecule has 5 nitrogen and oxygen atoms in total. The van der Waals surface area contributed by atoms with Gasteiger partial charge in [0.05, 0.1) is 38.6 Å². The van der Waals surface area contributed by atoms with Crippen LogP contribution in [0.2, 0.25) is 0 Å². The van der Waals surface area contributed by atoms with E-state index in [2.05, 4.69) is 6.92 Å². The highest BCUT2D eigenvalue weighted by molar-refractivity contribution is 4.47. The lowest BCUT2D eigenvalue weighted by Gasteiger charge is -2.10. The van der Waals surface area contributed by atoms with E-state index in [0.717, 1.165) is 13.0 Å². The molecule has 0 aromatic carbocycles. The summed E-state index contributed by atoms with van der Waals surface area (Å²) in [6, 6.07) is 0. The molecular weight excluding hydrogens is 248 g/mol. The van der Waals surface area contributed by atoms with Crippen LogP contribution < -0.4 is 0 Å². The van der Waals surface area contributed by atoms with E-state index in [4.69, 9.17) is 24.8 Å². The SMILES string of the molecule is CC(O)COC(C)CO.CCCCCCOCCO. The lowest BCUT2D eigenvalue weighted by molar-refractivity contribution is -0.0177. The molecule has 0 amide bonds. The van der Waals surface area contributed by atoms with Crippen LogP contribution >= 0.6 is 0 Å². The van der Waals surface area contributed by atoms with Crippen molar-refractivity contribution in [2.45, 2.75) is 58.7 Å². The maximum absolute atomic E-state index is 8.69. The van der Waals surface area contributed by atoms with Crippen LogP contribution in [0.4, 0.5) is 0 Å². The molecule has 118 valence electrons. The van der Waals surface area contributed by atoms with Gasteiger partial charge >= 0.3 is 0 Å². The van der Waals surface area contributed by atoms with Crippen LogP contribution in [0.5, 0.6) is 0 Å². The standard InChI is InChI=1S/C8H18O2.C6H14O3/c1-2-3-4-5-7-10-8-6-9;1-5(8)4-9-6(2)3-7/h9H,2-8H2,1H3;5-8H,3-4H2,1-2H3. The summed E-state index contributed by atoms with van der Waals surface area (Å²) in [5, 5.41) is 25.5. The van der Waals surface area contributed by atoms with Gasteiger partial charge in [-0.2, -0.15) is 0 Å². The highest BCUT2D eigenvalue weighted by Crippen LogP contribution is 1.98. The smallest absolute Gasteiger partial charge is 0.0779 e. The van der Waals surface area contributed by atoms with Crippen LogP contribution in [0.15, 0.2) is 0 Å². The molecule has 3 N–H and O–H groups in total. The molecule has 0 heterocycles. The first kappa shape index (κ1) is 21.1. The Morgan fingerprint density at radius 1 is 1.00 bits per heavy atom. The zero-order chi connectivity index (χ0) is 14.9. The minimum absolute atomic E-state index is 0.00667. The predicted octanol–water partition coefficient (Wildman–Crippen LogP) is 1.34. The van der Waals surface area contributed by atoms with Crippen molar-refractivity contribution in [3.63, 3.8) is 0 Å². The van der Waals surface area contributed by atoms with E-state index < -0.39 is 6.10 Å². The Hall–Kier alpha value is -0.200. The van der Waals surface area contributed by atoms with Gasteiger partial charge in [-0.3, -0.25) is 0 Å². The fraction of sp³-hybridized carbons (Fsp3) is 1.00. The van der Waals surface area contributed by atoms with Gasteiger partial charge in [0.25, 0.3) is 0 Å². The second-order valence-electron chi connectivity index (χ2n) is 4.57. The van der Waals surface area contributed by atoms with Crippen molar-refractivity contribution in [2.24, 2.45) is 0 Å². The van der Waals surface area contributed by atoms with Crippen molar-refractivity contribution in [1.29, 1.82) is 0 Å². The van der Waals surface area contributed by atoms with E-state index in [9.17, 15) is 0 Å². The lowest BCUT2D eigenvalue weighted by atomic mass is 10.2. The Morgan fingerprint density at radius 3 is 2.16 bits per heavy atom. The molecule has 0 aliphatic rings. The number of unbranched alkanes of at least 4 members (excludes halogenated alkanes) is 3. The van der Waals surface area contributed by atoms with Crippen molar-refractivity contribution in [3.05, 3.63) is 0 Å². The van der Waals surface area contributed by atoms with Crippen LogP contribution in [0.3, 0.4) is 0 Å². The Morgan fingerprint density at radius 2 is 1.68 bits per heavy atom. The minimum Gasteiger partial charge on any atom is -0.394 e. The summed E-state index contributed by atoms with van der Waals surface area (Å²) < 4.78 is 10.0. The van der Waals surface area contributed by atoms with Crippen molar-refractivity contribution in [1.82, 2.24) is 0 Å². The van der Waals surface area contributed by atoms with E-state index in [1.165, 1.54) is 19.3 Å². The molecule has 2 atom stereocenters. The monoisotopic (exact) mass is 280 g/mol. The van der Waals surface area contributed by atoms with Gasteiger partial charge < -0.3 is 24.8 Å². The van der Waals surface area contributed by atoms with Gasteiger partial charge in [-0.1, -0.05) is 26.2 Å². The molecule has 0 saturated heterocycles. The molecule has 0 aliphatic carbocycles. The summed E-state index contributed by atoms with van der Waals surface area (Å²) >= 11 is 0. The minimum atomic E-state index is -0.445. The second kappa shape index (κ2) is 17.8. The molecule has 0 saturated carbocycles. The largest absolute Gasteiger partial charge is 0.394 e. The number of ether oxygens (including phenoxy) is 2. The third kappa shape index (κ3) is 23.3. The zero-order valence-electron chi connectivity index (χ0n) is 12.7. The predicted molar refractivity (Wildman–Crippen MR) is 76.2 cm³/mol. The Balaban J connectivity index is 0. The van der Waals surface area contributed by atoms with E-state index in [-0.39, 0.29) is 19.3 Å². The molecule has 0 fully saturated rings. The van der Waals surface area contributed by atoms with Gasteiger partial charge in [-0.25, -0.2) is 0 Å². The molecule has 2 unspecified atom stereocenters. The summed E-state index contributed by atoms with van der Waals surface area (Å²) in [7, 11) is 0. The van der Waals surface area contributed by atoms with Crippen molar-refractivity contribution in [3.8, 4) is 0 Å². The van der Waals surface area contributed by atoms with E-state index in [1.807, 2.05) is 0 Å². The van der Waals surface area contributed by atoms with E-state index in [0.29, 0.717) is 13.2 Å². The molecular formula is C14H32O5. The highest BCUT2D eigenvalue weighted by atomic mass is 16.5.